The molecule has 2 N–H and O–H groups in total. The zero-order valence-corrected chi connectivity index (χ0v) is 9.59. The number of rotatable bonds is 4. The summed E-state index contributed by atoms with van der Waals surface area (Å²) in [7, 11) is 0. The van der Waals surface area contributed by atoms with Gasteiger partial charge in [0.2, 0.25) is 5.91 Å². The Bertz CT molecular complexity index is 430. The number of hydrogen-bond donors (Lipinski definition) is 2. The van der Waals surface area contributed by atoms with Crippen LogP contribution in [0.15, 0.2) is 30.3 Å². The smallest absolute Gasteiger partial charge is 0.330 e. The standard InChI is InChI=1S/C13H15NO3/c1-8-7-10(8)12(15)14-11(13(16)17)9-5-3-2-4-6-9/h2-6,8,10-11H,7H2,1H3,(H,14,15)(H,16,17)/t8?,10?,11-/m0/s1. The molecule has 1 aliphatic carbocycles. The van der Waals surface area contributed by atoms with E-state index in [4.69, 9.17) is 5.11 Å². The fourth-order valence-corrected chi connectivity index (χ4v) is 1.87. The molecule has 4 heteroatoms. The number of aliphatic carboxylic acids is 1. The molecular weight excluding hydrogens is 218 g/mol. The number of carboxylic acid groups (broad SMARTS) is 1. The maximum Gasteiger partial charge on any atom is 0.330 e. The van der Waals surface area contributed by atoms with Crippen molar-refractivity contribution >= 4 is 11.9 Å². The third-order valence-electron chi connectivity index (χ3n) is 3.11. The third-order valence-corrected chi connectivity index (χ3v) is 3.11. The maximum absolute atomic E-state index is 11.7. The Hall–Kier alpha value is -1.84. The van der Waals surface area contributed by atoms with Crippen LogP contribution < -0.4 is 5.32 Å². The van der Waals surface area contributed by atoms with E-state index < -0.39 is 12.0 Å². The van der Waals surface area contributed by atoms with Crippen molar-refractivity contribution in [3.63, 3.8) is 0 Å². The predicted octanol–water partition coefficient (Wildman–Crippen LogP) is 1.58. The molecule has 0 saturated heterocycles. The van der Waals surface area contributed by atoms with Crippen molar-refractivity contribution in [1.82, 2.24) is 5.32 Å². The van der Waals surface area contributed by atoms with Gasteiger partial charge < -0.3 is 10.4 Å². The molecule has 0 aromatic heterocycles. The molecule has 1 fully saturated rings. The lowest BCUT2D eigenvalue weighted by Crippen LogP contribution is -2.34. The minimum Gasteiger partial charge on any atom is -0.479 e. The van der Waals surface area contributed by atoms with Gasteiger partial charge in [-0.05, 0) is 17.9 Å². The Kier molecular flexibility index (Phi) is 3.13. The minimum atomic E-state index is -1.03. The van der Waals surface area contributed by atoms with E-state index in [0.29, 0.717) is 11.5 Å². The lowest BCUT2D eigenvalue weighted by Gasteiger charge is -2.14. The molecule has 3 atom stereocenters. The van der Waals surface area contributed by atoms with Crippen LogP contribution in [-0.2, 0) is 9.59 Å². The van der Waals surface area contributed by atoms with Crippen molar-refractivity contribution in [2.45, 2.75) is 19.4 Å². The van der Waals surface area contributed by atoms with Gasteiger partial charge in [-0.1, -0.05) is 37.3 Å². The first kappa shape index (κ1) is 11.6. The second-order valence-electron chi connectivity index (χ2n) is 4.51. The van der Waals surface area contributed by atoms with Gasteiger partial charge in [-0.3, -0.25) is 4.79 Å². The highest BCUT2D eigenvalue weighted by Gasteiger charge is 2.40. The SMILES string of the molecule is CC1CC1C(=O)N[C@H](C(=O)O)c1ccccc1. The highest BCUT2D eigenvalue weighted by atomic mass is 16.4. The van der Waals surface area contributed by atoms with Crippen LogP contribution in [0.4, 0.5) is 0 Å². The first-order valence-corrected chi connectivity index (χ1v) is 5.67. The number of benzene rings is 1. The highest BCUT2D eigenvalue weighted by molar-refractivity contribution is 5.87. The van der Waals surface area contributed by atoms with Gasteiger partial charge in [0.1, 0.15) is 0 Å². The number of amides is 1. The zero-order valence-electron chi connectivity index (χ0n) is 9.59. The topological polar surface area (TPSA) is 66.4 Å². The van der Waals surface area contributed by atoms with E-state index in [1.807, 2.05) is 13.0 Å². The van der Waals surface area contributed by atoms with Crippen LogP contribution >= 0.6 is 0 Å². The molecule has 0 heterocycles. The van der Waals surface area contributed by atoms with Crippen molar-refractivity contribution in [1.29, 1.82) is 0 Å². The van der Waals surface area contributed by atoms with Gasteiger partial charge in [0.05, 0.1) is 0 Å². The molecule has 2 rings (SSSR count). The van der Waals surface area contributed by atoms with E-state index >= 15 is 0 Å². The van der Waals surface area contributed by atoms with Gasteiger partial charge in [0.25, 0.3) is 0 Å². The average molecular weight is 233 g/mol. The van der Waals surface area contributed by atoms with Gasteiger partial charge >= 0.3 is 5.97 Å². The van der Waals surface area contributed by atoms with Crippen molar-refractivity contribution in [3.8, 4) is 0 Å². The molecule has 0 radical (unpaired) electrons. The first-order valence-electron chi connectivity index (χ1n) is 5.67. The monoisotopic (exact) mass is 233 g/mol. The fraction of sp³-hybridized carbons (Fsp3) is 0.385. The van der Waals surface area contributed by atoms with Crippen molar-refractivity contribution in [2.24, 2.45) is 11.8 Å². The Morgan fingerprint density at radius 3 is 2.41 bits per heavy atom. The number of carboxylic acids is 1. The molecule has 90 valence electrons. The van der Waals surface area contributed by atoms with Gasteiger partial charge in [-0.2, -0.15) is 0 Å². The average Bonchev–Trinajstić information content (AvgIpc) is 3.04. The summed E-state index contributed by atoms with van der Waals surface area (Å²) in [6, 6.07) is 7.79. The molecule has 1 saturated carbocycles. The van der Waals surface area contributed by atoms with Gasteiger partial charge in [0, 0.05) is 5.92 Å². The van der Waals surface area contributed by atoms with E-state index in [9.17, 15) is 9.59 Å². The normalized spacial score (nSPS) is 23.8. The summed E-state index contributed by atoms with van der Waals surface area (Å²) in [6.45, 7) is 1.99. The van der Waals surface area contributed by atoms with Crippen LogP contribution in [0.3, 0.4) is 0 Å². The molecule has 0 spiro atoms. The van der Waals surface area contributed by atoms with Crippen molar-refractivity contribution < 1.29 is 14.7 Å². The largest absolute Gasteiger partial charge is 0.479 e. The van der Waals surface area contributed by atoms with Crippen LogP contribution in [0.1, 0.15) is 24.9 Å². The molecule has 1 aromatic rings. The molecule has 0 aliphatic heterocycles. The van der Waals surface area contributed by atoms with Crippen LogP contribution in [0.2, 0.25) is 0 Å². The molecule has 4 nitrogen and oxygen atoms in total. The quantitative estimate of drug-likeness (QED) is 0.829. The third kappa shape index (κ3) is 2.64. The molecular formula is C13H15NO3. The Balaban J connectivity index is 2.08. The summed E-state index contributed by atoms with van der Waals surface area (Å²) < 4.78 is 0. The van der Waals surface area contributed by atoms with E-state index in [1.165, 1.54) is 0 Å². The minimum absolute atomic E-state index is 0.0134. The Morgan fingerprint density at radius 2 is 1.94 bits per heavy atom. The Labute approximate surface area is 99.6 Å². The molecule has 0 bridgehead atoms. The van der Waals surface area contributed by atoms with Gasteiger partial charge in [-0.15, -0.1) is 0 Å². The zero-order chi connectivity index (χ0) is 12.4. The van der Waals surface area contributed by atoms with E-state index in [1.54, 1.807) is 24.3 Å². The lowest BCUT2D eigenvalue weighted by atomic mass is 10.1. The fourth-order valence-electron chi connectivity index (χ4n) is 1.87. The Morgan fingerprint density at radius 1 is 1.35 bits per heavy atom. The van der Waals surface area contributed by atoms with Gasteiger partial charge in [-0.25, -0.2) is 4.79 Å². The van der Waals surface area contributed by atoms with Crippen molar-refractivity contribution in [3.05, 3.63) is 35.9 Å². The van der Waals surface area contributed by atoms with Crippen LogP contribution in [0.5, 0.6) is 0 Å². The van der Waals surface area contributed by atoms with Crippen molar-refractivity contribution in [2.75, 3.05) is 0 Å². The van der Waals surface area contributed by atoms with E-state index in [-0.39, 0.29) is 11.8 Å². The lowest BCUT2D eigenvalue weighted by molar-refractivity contribution is -0.142. The second-order valence-corrected chi connectivity index (χ2v) is 4.51. The summed E-state index contributed by atoms with van der Waals surface area (Å²) in [4.78, 5) is 22.9. The summed E-state index contributed by atoms with van der Waals surface area (Å²) in [5.41, 5.74) is 0.599. The first-order chi connectivity index (χ1) is 8.09. The summed E-state index contributed by atoms with van der Waals surface area (Å²) >= 11 is 0. The van der Waals surface area contributed by atoms with E-state index in [2.05, 4.69) is 5.32 Å². The molecule has 1 aromatic carbocycles. The number of carbonyl (C=O) groups is 2. The molecule has 17 heavy (non-hydrogen) atoms. The second kappa shape index (κ2) is 4.57. The summed E-state index contributed by atoms with van der Waals surface area (Å²) in [5.74, 6) is -0.826. The summed E-state index contributed by atoms with van der Waals surface area (Å²) in [6.07, 6.45) is 0.854. The molecule has 1 aliphatic rings. The predicted molar refractivity (Wildman–Crippen MR) is 62.2 cm³/mol. The maximum atomic E-state index is 11.7. The van der Waals surface area contributed by atoms with Crippen LogP contribution in [-0.4, -0.2) is 17.0 Å². The molecule has 2 unspecified atom stereocenters. The van der Waals surface area contributed by atoms with Crippen LogP contribution in [0.25, 0.3) is 0 Å². The number of carbonyl (C=O) groups excluding carboxylic acids is 1. The van der Waals surface area contributed by atoms with Crippen LogP contribution in [0, 0.1) is 11.8 Å². The van der Waals surface area contributed by atoms with Gasteiger partial charge in [0.15, 0.2) is 6.04 Å². The number of hydrogen-bond acceptors (Lipinski definition) is 2. The summed E-state index contributed by atoms with van der Waals surface area (Å²) in [5, 5.41) is 11.7. The molecule has 1 amide bonds. The highest BCUT2D eigenvalue weighted by Crippen LogP contribution is 2.38. The van der Waals surface area contributed by atoms with E-state index in [0.717, 1.165) is 6.42 Å². The number of nitrogens with one attached hydrogen (secondary N) is 1.